The monoisotopic (exact) mass is 279 g/mol. The first-order valence-corrected chi connectivity index (χ1v) is 7.89. The molecular formula is C15H25N3O2. The fourth-order valence-electron chi connectivity index (χ4n) is 2.96. The fraction of sp³-hybridized carbons (Fsp3) is 0.867. The Hall–Kier alpha value is -0.940. The summed E-state index contributed by atoms with van der Waals surface area (Å²) in [6.07, 6.45) is 7.84. The summed E-state index contributed by atoms with van der Waals surface area (Å²) in [6, 6.07) is 0.489. The zero-order chi connectivity index (χ0) is 14.0. The lowest BCUT2D eigenvalue weighted by Crippen LogP contribution is -2.37. The second kappa shape index (κ2) is 5.82. The zero-order valence-corrected chi connectivity index (χ0v) is 12.5. The number of nitrogens with one attached hydrogen (secondary N) is 1. The predicted octanol–water partition coefficient (Wildman–Crippen LogP) is 2.42. The molecule has 20 heavy (non-hydrogen) atoms. The molecule has 0 spiro atoms. The Morgan fingerprint density at radius 3 is 2.80 bits per heavy atom. The molecule has 1 atom stereocenters. The summed E-state index contributed by atoms with van der Waals surface area (Å²) in [4.78, 5) is 4.59. The van der Waals surface area contributed by atoms with Gasteiger partial charge in [-0.15, -0.1) is 0 Å². The van der Waals surface area contributed by atoms with E-state index in [0.717, 1.165) is 49.9 Å². The van der Waals surface area contributed by atoms with Crippen LogP contribution in [0.4, 0.5) is 0 Å². The van der Waals surface area contributed by atoms with Crippen molar-refractivity contribution in [3.8, 4) is 0 Å². The van der Waals surface area contributed by atoms with E-state index in [2.05, 4.69) is 22.4 Å². The lowest BCUT2D eigenvalue weighted by molar-refractivity contribution is -0.0858. The first-order valence-electron chi connectivity index (χ1n) is 7.89. The third kappa shape index (κ3) is 2.74. The van der Waals surface area contributed by atoms with Crippen LogP contribution >= 0.6 is 0 Å². The van der Waals surface area contributed by atoms with Gasteiger partial charge in [0.15, 0.2) is 0 Å². The standard InChI is InChI=1S/C15H25N3O2/c1-3-9-16-12(11-5-6-11)10-13-17-14(18-20-13)15(19-2)7-4-8-15/h11-12,16H,3-10H2,1-2H3. The minimum Gasteiger partial charge on any atom is -0.370 e. The summed E-state index contributed by atoms with van der Waals surface area (Å²) in [5, 5.41) is 7.77. The molecule has 2 saturated carbocycles. The number of ether oxygens (including phenoxy) is 1. The molecule has 5 nitrogen and oxygen atoms in total. The maximum Gasteiger partial charge on any atom is 0.228 e. The maximum absolute atomic E-state index is 5.60. The number of rotatable bonds is 8. The molecule has 3 rings (SSSR count). The van der Waals surface area contributed by atoms with Crippen LogP contribution in [0.2, 0.25) is 0 Å². The van der Waals surface area contributed by atoms with E-state index < -0.39 is 0 Å². The van der Waals surface area contributed by atoms with E-state index in [-0.39, 0.29) is 5.60 Å². The van der Waals surface area contributed by atoms with Gasteiger partial charge in [-0.25, -0.2) is 0 Å². The molecule has 2 fully saturated rings. The molecule has 5 heteroatoms. The quantitative estimate of drug-likeness (QED) is 0.792. The number of hydrogen-bond donors (Lipinski definition) is 1. The Kier molecular flexibility index (Phi) is 4.08. The summed E-state index contributed by atoms with van der Waals surface area (Å²) in [5.74, 6) is 2.28. The van der Waals surface area contributed by atoms with Crippen LogP contribution < -0.4 is 5.32 Å². The zero-order valence-electron chi connectivity index (χ0n) is 12.5. The minimum atomic E-state index is -0.270. The van der Waals surface area contributed by atoms with Gasteiger partial charge in [0.2, 0.25) is 11.7 Å². The molecule has 0 saturated heterocycles. The van der Waals surface area contributed by atoms with Gasteiger partial charge < -0.3 is 14.6 Å². The smallest absolute Gasteiger partial charge is 0.228 e. The van der Waals surface area contributed by atoms with Crippen LogP contribution in [0, 0.1) is 5.92 Å². The van der Waals surface area contributed by atoms with E-state index in [1.807, 2.05) is 0 Å². The molecule has 1 aromatic heterocycles. The van der Waals surface area contributed by atoms with Crippen LogP contribution in [0.3, 0.4) is 0 Å². The Balaban J connectivity index is 1.63. The highest BCUT2D eigenvalue weighted by Gasteiger charge is 2.43. The fourth-order valence-corrected chi connectivity index (χ4v) is 2.96. The summed E-state index contributed by atoms with van der Waals surface area (Å²) in [5.41, 5.74) is -0.270. The first-order chi connectivity index (χ1) is 9.77. The second-order valence-electron chi connectivity index (χ2n) is 6.17. The normalized spacial score (nSPS) is 22.5. The van der Waals surface area contributed by atoms with Crippen LogP contribution in [-0.2, 0) is 16.8 Å². The van der Waals surface area contributed by atoms with Crippen LogP contribution in [0.25, 0.3) is 0 Å². The topological polar surface area (TPSA) is 60.2 Å². The molecule has 1 aromatic rings. The molecule has 1 heterocycles. The highest BCUT2D eigenvalue weighted by molar-refractivity contribution is 5.07. The molecule has 112 valence electrons. The van der Waals surface area contributed by atoms with E-state index in [4.69, 9.17) is 9.26 Å². The summed E-state index contributed by atoms with van der Waals surface area (Å²) in [6.45, 7) is 3.25. The Labute approximate surface area is 120 Å². The van der Waals surface area contributed by atoms with Gasteiger partial charge in [0.25, 0.3) is 0 Å². The van der Waals surface area contributed by atoms with Crippen molar-refractivity contribution in [3.05, 3.63) is 11.7 Å². The Morgan fingerprint density at radius 1 is 1.45 bits per heavy atom. The molecule has 0 aromatic carbocycles. The number of hydrogen-bond acceptors (Lipinski definition) is 5. The van der Waals surface area contributed by atoms with Crippen molar-refractivity contribution in [3.63, 3.8) is 0 Å². The largest absolute Gasteiger partial charge is 0.370 e. The van der Waals surface area contributed by atoms with Crippen molar-refractivity contribution in [1.29, 1.82) is 0 Å². The Morgan fingerprint density at radius 2 is 2.25 bits per heavy atom. The lowest BCUT2D eigenvalue weighted by atomic mass is 9.79. The molecule has 0 aliphatic heterocycles. The van der Waals surface area contributed by atoms with E-state index in [0.29, 0.717) is 6.04 Å². The van der Waals surface area contributed by atoms with Gasteiger partial charge in [0, 0.05) is 19.6 Å². The van der Waals surface area contributed by atoms with Crippen LogP contribution in [0.5, 0.6) is 0 Å². The molecular weight excluding hydrogens is 254 g/mol. The van der Waals surface area contributed by atoms with Crippen molar-refractivity contribution >= 4 is 0 Å². The molecule has 1 unspecified atom stereocenters. The van der Waals surface area contributed by atoms with Crippen LogP contribution in [0.1, 0.15) is 57.2 Å². The molecule has 0 bridgehead atoms. The summed E-state index contributed by atoms with van der Waals surface area (Å²) < 4.78 is 11.1. The average molecular weight is 279 g/mol. The minimum absolute atomic E-state index is 0.270. The van der Waals surface area contributed by atoms with Crippen LogP contribution in [0.15, 0.2) is 4.52 Å². The average Bonchev–Trinajstić information content (AvgIpc) is 3.15. The number of aromatic nitrogens is 2. The molecule has 1 N–H and O–H groups in total. The van der Waals surface area contributed by atoms with Crippen molar-refractivity contribution in [2.24, 2.45) is 5.92 Å². The van der Waals surface area contributed by atoms with Crippen molar-refractivity contribution in [1.82, 2.24) is 15.5 Å². The van der Waals surface area contributed by atoms with E-state index in [9.17, 15) is 0 Å². The van der Waals surface area contributed by atoms with E-state index >= 15 is 0 Å². The third-order valence-electron chi connectivity index (χ3n) is 4.67. The van der Waals surface area contributed by atoms with Crippen molar-refractivity contribution in [2.75, 3.05) is 13.7 Å². The van der Waals surface area contributed by atoms with Crippen molar-refractivity contribution < 1.29 is 9.26 Å². The predicted molar refractivity (Wildman–Crippen MR) is 75.3 cm³/mol. The molecule has 2 aliphatic rings. The van der Waals surface area contributed by atoms with E-state index in [1.54, 1.807) is 7.11 Å². The van der Waals surface area contributed by atoms with E-state index in [1.165, 1.54) is 19.3 Å². The number of methoxy groups -OCH3 is 1. The summed E-state index contributed by atoms with van der Waals surface area (Å²) in [7, 11) is 1.74. The van der Waals surface area contributed by atoms with Gasteiger partial charge in [-0.3, -0.25) is 0 Å². The first kappa shape index (κ1) is 14.0. The number of nitrogens with zero attached hydrogens (tertiary/aromatic N) is 2. The van der Waals surface area contributed by atoms with Gasteiger partial charge in [-0.05, 0) is 51.0 Å². The van der Waals surface area contributed by atoms with Crippen LogP contribution in [-0.4, -0.2) is 29.8 Å². The highest BCUT2D eigenvalue weighted by atomic mass is 16.5. The molecule has 0 amide bonds. The second-order valence-corrected chi connectivity index (χ2v) is 6.17. The molecule has 2 aliphatic carbocycles. The van der Waals surface area contributed by atoms with Crippen molar-refractivity contribution in [2.45, 2.75) is 63.5 Å². The third-order valence-corrected chi connectivity index (χ3v) is 4.67. The molecule has 0 radical (unpaired) electrons. The highest BCUT2D eigenvalue weighted by Crippen LogP contribution is 2.42. The van der Waals surface area contributed by atoms with Gasteiger partial charge in [0.05, 0.1) is 0 Å². The van der Waals surface area contributed by atoms with Gasteiger partial charge in [0.1, 0.15) is 5.60 Å². The van der Waals surface area contributed by atoms with Gasteiger partial charge >= 0.3 is 0 Å². The maximum atomic E-state index is 5.60. The Bertz CT molecular complexity index is 433. The summed E-state index contributed by atoms with van der Waals surface area (Å²) >= 11 is 0. The van der Waals surface area contributed by atoms with Gasteiger partial charge in [-0.1, -0.05) is 12.1 Å². The SMILES string of the molecule is CCCNC(Cc1nc(C2(OC)CCC2)no1)C1CC1. The van der Waals surface area contributed by atoms with Gasteiger partial charge in [-0.2, -0.15) is 4.98 Å². The lowest BCUT2D eigenvalue weighted by Gasteiger charge is -2.37.